The van der Waals surface area contributed by atoms with Crippen LogP contribution in [0.5, 0.6) is 0 Å². The second kappa shape index (κ2) is 52.3. The molecular formula is C63H115NO8. The number of allylic oxidation sites excluding steroid dienone is 9. The zero-order valence-electron chi connectivity index (χ0n) is 46.7. The van der Waals surface area contributed by atoms with Gasteiger partial charge in [-0.3, -0.25) is 4.79 Å². The Hall–Kier alpha value is -2.11. The Morgan fingerprint density at radius 1 is 0.472 bits per heavy atom. The quantitative estimate of drug-likeness (QED) is 0.0261. The molecule has 0 aromatic rings. The third-order valence-electron chi connectivity index (χ3n) is 14.3. The molecular weight excluding hydrogens is 899 g/mol. The third-order valence-corrected chi connectivity index (χ3v) is 14.3. The van der Waals surface area contributed by atoms with Crippen molar-refractivity contribution >= 4 is 5.91 Å². The lowest BCUT2D eigenvalue weighted by atomic mass is 9.99. The first-order valence-corrected chi connectivity index (χ1v) is 30.5. The van der Waals surface area contributed by atoms with E-state index in [0.717, 1.165) is 51.4 Å². The molecule has 7 atom stereocenters. The summed E-state index contributed by atoms with van der Waals surface area (Å²) in [6, 6.07) is -0.830. The van der Waals surface area contributed by atoms with E-state index in [9.17, 15) is 30.3 Å². The van der Waals surface area contributed by atoms with E-state index in [1.807, 2.05) is 6.08 Å². The first-order chi connectivity index (χ1) is 35.3. The van der Waals surface area contributed by atoms with Crippen LogP contribution in [0.15, 0.2) is 60.8 Å². The minimum Gasteiger partial charge on any atom is -0.394 e. The summed E-state index contributed by atoms with van der Waals surface area (Å²) in [7, 11) is 0. The zero-order chi connectivity index (χ0) is 52.2. The van der Waals surface area contributed by atoms with Crippen LogP contribution in [0.1, 0.15) is 277 Å². The van der Waals surface area contributed by atoms with Gasteiger partial charge in [-0.2, -0.15) is 0 Å². The number of ether oxygens (including phenoxy) is 2. The topological polar surface area (TPSA) is 149 Å². The van der Waals surface area contributed by atoms with E-state index in [2.05, 4.69) is 67.8 Å². The normalized spacial score (nSPS) is 19.6. The van der Waals surface area contributed by atoms with Crippen LogP contribution in [0, 0.1) is 0 Å². The van der Waals surface area contributed by atoms with Crippen molar-refractivity contribution in [3.05, 3.63) is 60.8 Å². The molecule has 0 radical (unpaired) electrons. The number of hydrogen-bond acceptors (Lipinski definition) is 8. The highest BCUT2D eigenvalue weighted by molar-refractivity contribution is 5.76. The fourth-order valence-electron chi connectivity index (χ4n) is 9.46. The van der Waals surface area contributed by atoms with Crippen molar-refractivity contribution in [3.63, 3.8) is 0 Å². The van der Waals surface area contributed by atoms with Crippen molar-refractivity contribution in [2.75, 3.05) is 13.2 Å². The fourth-order valence-corrected chi connectivity index (χ4v) is 9.46. The van der Waals surface area contributed by atoms with Crippen molar-refractivity contribution in [1.29, 1.82) is 0 Å². The van der Waals surface area contributed by atoms with Crippen molar-refractivity contribution in [1.82, 2.24) is 5.32 Å². The second-order valence-electron chi connectivity index (χ2n) is 21.1. The number of nitrogens with one attached hydrogen (secondary N) is 1. The number of unbranched alkanes of at least 4 members (excludes halogenated alkanes) is 34. The average molecular weight is 1010 g/mol. The van der Waals surface area contributed by atoms with Crippen molar-refractivity contribution < 1.29 is 39.8 Å². The molecule has 9 nitrogen and oxygen atoms in total. The fraction of sp³-hybridized carbons (Fsp3) is 0.825. The molecule has 1 saturated heterocycles. The van der Waals surface area contributed by atoms with Crippen LogP contribution < -0.4 is 5.32 Å². The van der Waals surface area contributed by atoms with Gasteiger partial charge in [0.05, 0.1) is 25.4 Å². The molecule has 1 fully saturated rings. The second-order valence-corrected chi connectivity index (χ2v) is 21.1. The number of carbonyl (C=O) groups is 1. The van der Waals surface area contributed by atoms with E-state index in [4.69, 9.17) is 9.47 Å². The van der Waals surface area contributed by atoms with Gasteiger partial charge in [-0.25, -0.2) is 0 Å². The maximum atomic E-state index is 13.1. The van der Waals surface area contributed by atoms with E-state index in [0.29, 0.717) is 6.42 Å². The number of hydrogen-bond donors (Lipinski definition) is 6. The van der Waals surface area contributed by atoms with Crippen molar-refractivity contribution in [3.8, 4) is 0 Å². The van der Waals surface area contributed by atoms with Crippen LogP contribution in [-0.4, -0.2) is 87.5 Å². The maximum Gasteiger partial charge on any atom is 0.220 e. The Bertz CT molecular complexity index is 1310. The summed E-state index contributed by atoms with van der Waals surface area (Å²) in [5.74, 6) is -0.190. The summed E-state index contributed by atoms with van der Waals surface area (Å²) >= 11 is 0. The summed E-state index contributed by atoms with van der Waals surface area (Å²) in [5, 5.41) is 54.5. The lowest BCUT2D eigenvalue weighted by molar-refractivity contribution is -0.302. The van der Waals surface area contributed by atoms with E-state index in [1.165, 1.54) is 205 Å². The molecule has 420 valence electrons. The molecule has 7 unspecified atom stereocenters. The standard InChI is InChI=1S/C63H115NO8/c1-3-5-7-9-11-13-15-17-19-21-23-24-25-26-27-28-29-30-31-32-33-34-35-37-39-41-43-45-47-49-51-53-59(67)64-56(55-71-63-62(70)61(69)60(68)58(54-65)72-63)57(66)52-50-48-46-44-42-40-38-36-22-20-18-16-14-12-10-8-6-4-2/h22-24,26-27,36,42,44,50,52,56-58,60-63,65-66,68-70H,3-21,25,28-35,37-41,43,45-49,51,53-55H2,1-2H3,(H,64,67)/b24-23-,27-26-,36-22+,44-42+,52-50+. The molecule has 0 spiro atoms. The van der Waals surface area contributed by atoms with Gasteiger partial charge in [-0.05, 0) is 77.0 Å². The summed E-state index contributed by atoms with van der Waals surface area (Å²) in [4.78, 5) is 13.1. The van der Waals surface area contributed by atoms with Crippen LogP contribution in [0.25, 0.3) is 0 Å². The first kappa shape index (κ1) is 67.9. The molecule has 0 saturated carbocycles. The summed E-state index contributed by atoms with van der Waals surface area (Å²) < 4.78 is 11.3. The van der Waals surface area contributed by atoms with Gasteiger partial charge < -0.3 is 40.3 Å². The number of rotatable bonds is 52. The van der Waals surface area contributed by atoms with Crippen LogP contribution in [0.4, 0.5) is 0 Å². The van der Waals surface area contributed by atoms with Crippen LogP contribution in [-0.2, 0) is 14.3 Å². The SMILES string of the molecule is CCCCCCCCCC/C=C/CC/C=C/CC/C=C/C(O)C(COC1OC(CO)C(O)C(O)C1O)NC(=O)CCCCCCCCCCCCCCCCC/C=C\C/C=C\CCCCCCCCCCC. The highest BCUT2D eigenvalue weighted by Gasteiger charge is 2.44. The Kier molecular flexibility index (Phi) is 49.4. The third kappa shape index (κ3) is 41.2. The maximum absolute atomic E-state index is 13.1. The molecule has 9 heteroatoms. The molecule has 6 N–H and O–H groups in total. The summed E-state index contributed by atoms with van der Waals surface area (Å²) in [5.41, 5.74) is 0. The van der Waals surface area contributed by atoms with Crippen LogP contribution >= 0.6 is 0 Å². The van der Waals surface area contributed by atoms with E-state index in [1.54, 1.807) is 6.08 Å². The predicted octanol–water partition coefficient (Wildman–Crippen LogP) is 15.5. The predicted molar refractivity (Wildman–Crippen MR) is 304 cm³/mol. The molecule has 72 heavy (non-hydrogen) atoms. The molecule has 0 aromatic heterocycles. The summed E-state index contributed by atoms with van der Waals surface area (Å²) in [6.45, 7) is 3.77. The molecule has 1 aliphatic heterocycles. The number of carbonyl (C=O) groups excluding carboxylic acids is 1. The molecule has 0 aromatic carbocycles. The number of aliphatic hydroxyl groups is 5. The van der Waals surface area contributed by atoms with Gasteiger partial charge in [0.15, 0.2) is 6.29 Å². The Morgan fingerprint density at radius 2 is 0.833 bits per heavy atom. The van der Waals surface area contributed by atoms with Gasteiger partial charge in [-0.15, -0.1) is 0 Å². The Morgan fingerprint density at radius 3 is 1.25 bits per heavy atom. The molecule has 1 aliphatic rings. The van der Waals surface area contributed by atoms with Gasteiger partial charge in [0, 0.05) is 6.42 Å². The van der Waals surface area contributed by atoms with Crippen molar-refractivity contribution in [2.24, 2.45) is 0 Å². The van der Waals surface area contributed by atoms with Crippen LogP contribution in [0.2, 0.25) is 0 Å². The number of aliphatic hydroxyl groups excluding tert-OH is 5. The molecule has 1 heterocycles. The highest BCUT2D eigenvalue weighted by Crippen LogP contribution is 2.23. The number of amides is 1. The summed E-state index contributed by atoms with van der Waals surface area (Å²) in [6.07, 6.45) is 64.4. The Labute approximate surface area is 443 Å². The van der Waals surface area contributed by atoms with Gasteiger partial charge in [0.1, 0.15) is 24.4 Å². The molecule has 0 bridgehead atoms. The lowest BCUT2D eigenvalue weighted by Crippen LogP contribution is -2.60. The first-order valence-electron chi connectivity index (χ1n) is 30.5. The largest absolute Gasteiger partial charge is 0.394 e. The van der Waals surface area contributed by atoms with Crippen LogP contribution in [0.3, 0.4) is 0 Å². The molecule has 1 amide bonds. The smallest absolute Gasteiger partial charge is 0.220 e. The van der Waals surface area contributed by atoms with Gasteiger partial charge in [0.25, 0.3) is 0 Å². The highest BCUT2D eigenvalue weighted by atomic mass is 16.7. The molecule has 0 aliphatic carbocycles. The van der Waals surface area contributed by atoms with Gasteiger partial charge in [-0.1, -0.05) is 254 Å². The average Bonchev–Trinajstić information content (AvgIpc) is 3.38. The van der Waals surface area contributed by atoms with Gasteiger partial charge >= 0.3 is 0 Å². The van der Waals surface area contributed by atoms with E-state index >= 15 is 0 Å². The Balaban J connectivity index is 2.19. The van der Waals surface area contributed by atoms with E-state index in [-0.39, 0.29) is 12.5 Å². The van der Waals surface area contributed by atoms with E-state index < -0.39 is 49.5 Å². The minimum absolute atomic E-state index is 0.190. The minimum atomic E-state index is -1.58. The molecule has 1 rings (SSSR count). The monoisotopic (exact) mass is 1010 g/mol. The van der Waals surface area contributed by atoms with Gasteiger partial charge in [0.2, 0.25) is 5.91 Å². The van der Waals surface area contributed by atoms with Crippen molar-refractivity contribution in [2.45, 2.75) is 320 Å². The zero-order valence-corrected chi connectivity index (χ0v) is 46.7. The lowest BCUT2D eigenvalue weighted by Gasteiger charge is -2.40.